The Balaban J connectivity index is 2.75. The fourth-order valence-electron chi connectivity index (χ4n) is 1.55. The van der Waals surface area contributed by atoms with Crippen molar-refractivity contribution in [3.63, 3.8) is 0 Å². The van der Waals surface area contributed by atoms with E-state index >= 15 is 0 Å². The molecule has 5 heteroatoms. The Morgan fingerprint density at radius 3 is 2.83 bits per heavy atom. The maximum Gasteiger partial charge on any atom is 0.326 e. The molecule has 0 spiro atoms. The highest BCUT2D eigenvalue weighted by molar-refractivity contribution is 5.97. The van der Waals surface area contributed by atoms with E-state index in [-0.39, 0.29) is 6.42 Å². The van der Waals surface area contributed by atoms with Crippen LogP contribution in [0.3, 0.4) is 0 Å². The zero-order chi connectivity index (χ0) is 13.5. The van der Waals surface area contributed by atoms with E-state index in [4.69, 9.17) is 9.52 Å². The van der Waals surface area contributed by atoms with Gasteiger partial charge in [-0.3, -0.25) is 4.79 Å². The molecule has 0 aliphatic rings. The Bertz CT molecular complexity index is 448. The number of hydrogen-bond donors (Lipinski definition) is 2. The van der Waals surface area contributed by atoms with Crippen molar-refractivity contribution in [1.82, 2.24) is 5.32 Å². The largest absolute Gasteiger partial charge is 0.480 e. The van der Waals surface area contributed by atoms with Gasteiger partial charge in [-0.25, -0.2) is 4.79 Å². The van der Waals surface area contributed by atoms with Gasteiger partial charge in [-0.05, 0) is 19.4 Å². The first-order valence-electron chi connectivity index (χ1n) is 5.81. The first-order valence-corrected chi connectivity index (χ1v) is 5.81. The maximum atomic E-state index is 11.9. The molecule has 1 heterocycles. The van der Waals surface area contributed by atoms with Gasteiger partial charge in [0, 0.05) is 6.42 Å². The van der Waals surface area contributed by atoms with Gasteiger partial charge in [-0.15, -0.1) is 0 Å². The van der Waals surface area contributed by atoms with E-state index in [0.29, 0.717) is 17.7 Å². The van der Waals surface area contributed by atoms with Gasteiger partial charge in [0.15, 0.2) is 0 Å². The quantitative estimate of drug-likeness (QED) is 0.758. The van der Waals surface area contributed by atoms with E-state index in [2.05, 4.69) is 5.32 Å². The van der Waals surface area contributed by atoms with E-state index in [1.54, 1.807) is 25.1 Å². The van der Waals surface area contributed by atoms with Gasteiger partial charge in [0.1, 0.15) is 11.8 Å². The molecule has 98 valence electrons. The van der Waals surface area contributed by atoms with Crippen molar-refractivity contribution in [1.29, 1.82) is 0 Å². The number of aryl methyl sites for hydroxylation is 1. The highest BCUT2D eigenvalue weighted by Gasteiger charge is 2.21. The molecule has 1 amide bonds. The molecule has 0 saturated heterocycles. The van der Waals surface area contributed by atoms with Crippen molar-refractivity contribution in [3.05, 3.63) is 35.8 Å². The first-order chi connectivity index (χ1) is 8.60. The zero-order valence-corrected chi connectivity index (χ0v) is 10.5. The maximum absolute atomic E-state index is 11.9. The summed E-state index contributed by atoms with van der Waals surface area (Å²) in [4.78, 5) is 22.9. The minimum atomic E-state index is -1.05. The van der Waals surface area contributed by atoms with Crippen LogP contribution in [-0.2, 0) is 11.2 Å². The fraction of sp³-hybridized carbons (Fsp3) is 0.385. The summed E-state index contributed by atoms with van der Waals surface area (Å²) in [5, 5.41) is 11.5. The molecule has 0 fully saturated rings. The Morgan fingerprint density at radius 2 is 2.28 bits per heavy atom. The third-order valence-corrected chi connectivity index (χ3v) is 2.52. The topological polar surface area (TPSA) is 79.5 Å². The summed E-state index contributed by atoms with van der Waals surface area (Å²) in [6, 6.07) is 0.622. The molecule has 0 saturated carbocycles. The number of hydrogen-bond acceptors (Lipinski definition) is 3. The Hall–Kier alpha value is -2.04. The van der Waals surface area contributed by atoms with Crippen LogP contribution in [0.1, 0.15) is 36.4 Å². The summed E-state index contributed by atoms with van der Waals surface area (Å²) in [6.07, 6.45) is 5.72. The predicted octanol–water partition coefficient (Wildman–Crippen LogP) is 1.99. The third kappa shape index (κ3) is 3.48. The Kier molecular flexibility index (Phi) is 5.17. The van der Waals surface area contributed by atoms with E-state index in [1.807, 2.05) is 6.92 Å². The van der Waals surface area contributed by atoms with Crippen LogP contribution < -0.4 is 5.32 Å². The van der Waals surface area contributed by atoms with E-state index < -0.39 is 17.9 Å². The lowest BCUT2D eigenvalue weighted by Crippen LogP contribution is -2.40. The number of rotatable bonds is 6. The van der Waals surface area contributed by atoms with Gasteiger partial charge in [0.25, 0.3) is 5.91 Å². The predicted molar refractivity (Wildman–Crippen MR) is 66.4 cm³/mol. The lowest BCUT2D eigenvalue weighted by molar-refractivity contribution is -0.139. The number of amides is 1. The minimum absolute atomic E-state index is 0.261. The Labute approximate surface area is 105 Å². The molecule has 1 aromatic rings. The first kappa shape index (κ1) is 14.0. The number of aliphatic carboxylic acids is 1. The van der Waals surface area contributed by atoms with Crippen LogP contribution in [-0.4, -0.2) is 23.0 Å². The van der Waals surface area contributed by atoms with Crippen LogP contribution in [0.15, 0.2) is 28.9 Å². The van der Waals surface area contributed by atoms with Gasteiger partial charge >= 0.3 is 5.97 Å². The highest BCUT2D eigenvalue weighted by atomic mass is 16.4. The van der Waals surface area contributed by atoms with Crippen molar-refractivity contribution in [3.8, 4) is 0 Å². The van der Waals surface area contributed by atoms with Crippen molar-refractivity contribution in [2.24, 2.45) is 0 Å². The number of carboxylic acids is 1. The van der Waals surface area contributed by atoms with Gasteiger partial charge in [-0.2, -0.15) is 0 Å². The van der Waals surface area contributed by atoms with Crippen molar-refractivity contribution in [2.45, 2.75) is 32.7 Å². The molecular weight excluding hydrogens is 234 g/mol. The monoisotopic (exact) mass is 251 g/mol. The molecule has 0 radical (unpaired) electrons. The molecule has 0 aliphatic heterocycles. The summed E-state index contributed by atoms with van der Waals surface area (Å²) in [5.74, 6) is -0.914. The molecule has 2 N–H and O–H groups in total. The molecule has 5 nitrogen and oxygen atoms in total. The number of nitrogens with one attached hydrogen (secondary N) is 1. The smallest absolute Gasteiger partial charge is 0.326 e. The van der Waals surface area contributed by atoms with Gasteiger partial charge in [-0.1, -0.05) is 19.1 Å². The highest BCUT2D eigenvalue weighted by Crippen LogP contribution is 2.11. The number of allylic oxidation sites excluding steroid dienone is 1. The normalized spacial score (nSPS) is 12.6. The molecule has 0 aliphatic carbocycles. The molecule has 1 rings (SSSR count). The summed E-state index contributed by atoms with van der Waals surface area (Å²) in [5.41, 5.74) is 0.393. The SMILES string of the molecule is C/C=C/CC(NC(=O)c1ccoc1CC)C(=O)O. The molecule has 0 bridgehead atoms. The van der Waals surface area contributed by atoms with Crippen LogP contribution in [0.5, 0.6) is 0 Å². The van der Waals surface area contributed by atoms with Crippen LogP contribution in [0, 0.1) is 0 Å². The number of carbonyl (C=O) groups is 2. The molecule has 1 atom stereocenters. The number of carboxylic acid groups (broad SMARTS) is 1. The van der Waals surface area contributed by atoms with Crippen LogP contribution in [0.4, 0.5) is 0 Å². The van der Waals surface area contributed by atoms with Gasteiger partial charge in [0.2, 0.25) is 0 Å². The van der Waals surface area contributed by atoms with E-state index in [1.165, 1.54) is 6.26 Å². The molecule has 1 aromatic heterocycles. The van der Waals surface area contributed by atoms with Crippen molar-refractivity contribution in [2.75, 3.05) is 0 Å². The minimum Gasteiger partial charge on any atom is -0.480 e. The van der Waals surface area contributed by atoms with Gasteiger partial charge < -0.3 is 14.8 Å². The van der Waals surface area contributed by atoms with Crippen LogP contribution >= 0.6 is 0 Å². The fourth-order valence-corrected chi connectivity index (χ4v) is 1.55. The number of furan rings is 1. The van der Waals surface area contributed by atoms with Crippen LogP contribution in [0.25, 0.3) is 0 Å². The second kappa shape index (κ2) is 6.64. The average molecular weight is 251 g/mol. The molecule has 18 heavy (non-hydrogen) atoms. The van der Waals surface area contributed by atoms with Gasteiger partial charge in [0.05, 0.1) is 11.8 Å². The van der Waals surface area contributed by atoms with Crippen LogP contribution in [0.2, 0.25) is 0 Å². The third-order valence-electron chi connectivity index (χ3n) is 2.52. The van der Waals surface area contributed by atoms with E-state index in [9.17, 15) is 9.59 Å². The van der Waals surface area contributed by atoms with Crippen molar-refractivity contribution >= 4 is 11.9 Å². The second-order valence-electron chi connectivity index (χ2n) is 3.78. The summed E-state index contributed by atoms with van der Waals surface area (Å²) in [6.45, 7) is 3.66. The lowest BCUT2D eigenvalue weighted by Gasteiger charge is -2.12. The standard InChI is InChI=1S/C13H17NO4/c1-3-5-6-10(13(16)17)14-12(15)9-7-8-18-11(9)4-2/h3,5,7-8,10H,4,6H2,1-2H3,(H,14,15)(H,16,17)/b5-3+. The zero-order valence-electron chi connectivity index (χ0n) is 10.5. The number of carbonyl (C=O) groups excluding carboxylic acids is 1. The molecule has 0 aromatic carbocycles. The average Bonchev–Trinajstić information content (AvgIpc) is 2.82. The van der Waals surface area contributed by atoms with E-state index in [0.717, 1.165) is 0 Å². The summed E-state index contributed by atoms with van der Waals surface area (Å²) < 4.78 is 5.14. The molecule has 1 unspecified atom stereocenters. The summed E-state index contributed by atoms with van der Waals surface area (Å²) in [7, 11) is 0. The Morgan fingerprint density at radius 1 is 1.56 bits per heavy atom. The van der Waals surface area contributed by atoms with Crippen molar-refractivity contribution < 1.29 is 19.1 Å². The second-order valence-corrected chi connectivity index (χ2v) is 3.78. The molecular formula is C13H17NO4. The summed E-state index contributed by atoms with van der Waals surface area (Å²) >= 11 is 0. The lowest BCUT2D eigenvalue weighted by atomic mass is 10.1.